The molecular formula is C12H14Br2O. The zero-order valence-electron chi connectivity index (χ0n) is 8.51. The summed E-state index contributed by atoms with van der Waals surface area (Å²) >= 11 is 6.96. The van der Waals surface area contributed by atoms with Gasteiger partial charge in [-0.2, -0.15) is 0 Å². The summed E-state index contributed by atoms with van der Waals surface area (Å²) in [7, 11) is 0. The molecule has 1 saturated carbocycles. The van der Waals surface area contributed by atoms with Gasteiger partial charge >= 0.3 is 0 Å². The van der Waals surface area contributed by atoms with Crippen LogP contribution in [-0.2, 0) is 5.33 Å². The number of hydrogen-bond donors (Lipinski definition) is 0. The van der Waals surface area contributed by atoms with Crippen molar-refractivity contribution in [3.8, 4) is 5.75 Å². The highest BCUT2D eigenvalue weighted by Crippen LogP contribution is 2.32. The molecule has 0 saturated heterocycles. The van der Waals surface area contributed by atoms with Crippen LogP contribution < -0.4 is 4.74 Å². The summed E-state index contributed by atoms with van der Waals surface area (Å²) < 4.78 is 6.85. The molecule has 15 heavy (non-hydrogen) atoms. The summed E-state index contributed by atoms with van der Waals surface area (Å²) in [5, 5.41) is 0.855. The molecular weight excluding hydrogens is 320 g/mol. The lowest BCUT2D eigenvalue weighted by Gasteiger charge is -2.08. The van der Waals surface area contributed by atoms with E-state index in [1.165, 1.54) is 24.8 Å². The third kappa shape index (κ3) is 3.49. The molecule has 1 fully saturated rings. The minimum Gasteiger partial charge on any atom is -0.494 e. The molecule has 1 nitrogen and oxygen atoms in total. The second kappa shape index (κ2) is 5.35. The van der Waals surface area contributed by atoms with Crippen molar-refractivity contribution in [2.24, 2.45) is 5.92 Å². The predicted molar refractivity (Wildman–Crippen MR) is 69.6 cm³/mol. The quantitative estimate of drug-likeness (QED) is 0.720. The largest absolute Gasteiger partial charge is 0.494 e. The highest BCUT2D eigenvalue weighted by molar-refractivity contribution is 9.10. The molecule has 0 heterocycles. The van der Waals surface area contributed by atoms with Crippen LogP contribution in [0.25, 0.3) is 0 Å². The van der Waals surface area contributed by atoms with Gasteiger partial charge < -0.3 is 4.74 Å². The number of hydrogen-bond acceptors (Lipinski definition) is 1. The van der Waals surface area contributed by atoms with Gasteiger partial charge in [-0.3, -0.25) is 0 Å². The van der Waals surface area contributed by atoms with Crippen LogP contribution in [0.15, 0.2) is 22.7 Å². The molecule has 0 unspecified atom stereocenters. The minimum atomic E-state index is 0.855. The fraction of sp³-hybridized carbons (Fsp3) is 0.500. The topological polar surface area (TPSA) is 9.23 Å². The van der Waals surface area contributed by atoms with Gasteiger partial charge in [0.25, 0.3) is 0 Å². The van der Waals surface area contributed by atoms with Gasteiger partial charge in [-0.15, -0.1) is 0 Å². The average molecular weight is 334 g/mol. The van der Waals surface area contributed by atoms with Gasteiger partial charge in [0, 0.05) is 9.80 Å². The molecule has 1 aromatic carbocycles. The molecule has 1 aliphatic rings. The van der Waals surface area contributed by atoms with E-state index in [0.29, 0.717) is 0 Å². The molecule has 0 bridgehead atoms. The van der Waals surface area contributed by atoms with Crippen LogP contribution >= 0.6 is 31.9 Å². The molecule has 1 aliphatic carbocycles. The Balaban J connectivity index is 1.89. The molecule has 1 aromatic rings. The number of ether oxygens (including phenoxy) is 1. The molecule has 0 atom stereocenters. The Morgan fingerprint density at radius 2 is 2.13 bits per heavy atom. The molecule has 0 N–H and O–H groups in total. The number of halogens is 2. The van der Waals surface area contributed by atoms with E-state index in [0.717, 1.165) is 28.1 Å². The monoisotopic (exact) mass is 332 g/mol. The first-order chi connectivity index (χ1) is 7.29. The van der Waals surface area contributed by atoms with E-state index in [1.807, 2.05) is 12.1 Å². The van der Waals surface area contributed by atoms with Gasteiger partial charge in [-0.05, 0) is 36.1 Å². The predicted octanol–water partition coefficient (Wildman–Crippen LogP) is 4.52. The lowest BCUT2D eigenvalue weighted by atomic mass is 10.2. The van der Waals surface area contributed by atoms with Crippen molar-refractivity contribution < 1.29 is 4.74 Å². The van der Waals surface area contributed by atoms with Crippen LogP contribution in [0.2, 0.25) is 0 Å². The highest BCUT2D eigenvalue weighted by atomic mass is 79.9. The third-order valence-corrected chi connectivity index (χ3v) is 4.03. The van der Waals surface area contributed by atoms with Gasteiger partial charge in [0.2, 0.25) is 0 Å². The number of benzene rings is 1. The van der Waals surface area contributed by atoms with Crippen LogP contribution in [0.5, 0.6) is 5.75 Å². The first-order valence-corrected chi connectivity index (χ1v) is 7.18. The van der Waals surface area contributed by atoms with Gasteiger partial charge in [0.15, 0.2) is 0 Å². The molecule has 2 rings (SSSR count). The zero-order chi connectivity index (χ0) is 10.7. The second-order valence-corrected chi connectivity index (χ2v) is 5.38. The Morgan fingerprint density at radius 1 is 1.33 bits per heavy atom. The Hall–Kier alpha value is -0.0200. The van der Waals surface area contributed by atoms with Gasteiger partial charge in [0.1, 0.15) is 5.75 Å². The Bertz CT molecular complexity index is 334. The molecule has 0 aromatic heterocycles. The number of alkyl halides is 1. The first kappa shape index (κ1) is 11.5. The van der Waals surface area contributed by atoms with Gasteiger partial charge in [-0.25, -0.2) is 0 Å². The lowest BCUT2D eigenvalue weighted by Crippen LogP contribution is -1.98. The average Bonchev–Trinajstić information content (AvgIpc) is 3.04. The van der Waals surface area contributed by atoms with E-state index in [4.69, 9.17) is 4.74 Å². The van der Waals surface area contributed by atoms with Crippen LogP contribution in [0.4, 0.5) is 0 Å². The van der Waals surface area contributed by atoms with Crippen LogP contribution in [0.3, 0.4) is 0 Å². The molecule has 0 amide bonds. The third-order valence-electron chi connectivity index (χ3n) is 2.65. The minimum absolute atomic E-state index is 0.855. The van der Waals surface area contributed by atoms with Crippen molar-refractivity contribution in [1.82, 2.24) is 0 Å². The summed E-state index contributed by atoms with van der Waals surface area (Å²) in [4.78, 5) is 0. The van der Waals surface area contributed by atoms with Crippen molar-refractivity contribution in [3.05, 3.63) is 28.2 Å². The van der Waals surface area contributed by atoms with E-state index < -0.39 is 0 Å². The van der Waals surface area contributed by atoms with Crippen molar-refractivity contribution >= 4 is 31.9 Å². The molecule has 82 valence electrons. The summed E-state index contributed by atoms with van der Waals surface area (Å²) in [6.07, 6.45) is 4.01. The summed E-state index contributed by atoms with van der Waals surface area (Å²) in [6.45, 7) is 0.855. The summed E-state index contributed by atoms with van der Waals surface area (Å²) in [5.41, 5.74) is 1.24. The van der Waals surface area contributed by atoms with Crippen molar-refractivity contribution in [2.45, 2.75) is 24.6 Å². The molecule has 0 spiro atoms. The summed E-state index contributed by atoms with van der Waals surface area (Å²) in [6, 6.07) is 6.15. The maximum absolute atomic E-state index is 5.71. The smallest absolute Gasteiger partial charge is 0.119 e. The van der Waals surface area contributed by atoms with E-state index in [1.54, 1.807) is 0 Å². The maximum Gasteiger partial charge on any atom is 0.119 e. The number of rotatable bonds is 5. The van der Waals surface area contributed by atoms with E-state index in [2.05, 4.69) is 37.9 Å². The lowest BCUT2D eigenvalue weighted by molar-refractivity contribution is 0.302. The van der Waals surface area contributed by atoms with Gasteiger partial charge in [-0.1, -0.05) is 44.7 Å². The van der Waals surface area contributed by atoms with Crippen molar-refractivity contribution in [1.29, 1.82) is 0 Å². The van der Waals surface area contributed by atoms with Crippen LogP contribution in [-0.4, -0.2) is 6.61 Å². The SMILES string of the molecule is BrCc1cc(OCCC2CC2)ccc1Br. The van der Waals surface area contributed by atoms with Crippen LogP contribution in [0.1, 0.15) is 24.8 Å². The first-order valence-electron chi connectivity index (χ1n) is 5.27. The highest BCUT2D eigenvalue weighted by Gasteiger charge is 2.20. The van der Waals surface area contributed by atoms with Crippen molar-refractivity contribution in [2.75, 3.05) is 6.61 Å². The van der Waals surface area contributed by atoms with E-state index in [9.17, 15) is 0 Å². The normalized spacial score (nSPS) is 15.3. The Morgan fingerprint density at radius 3 is 2.80 bits per heavy atom. The standard InChI is InChI=1S/C12H14Br2O/c13-8-10-7-11(3-4-12(10)14)15-6-5-9-1-2-9/h3-4,7,9H,1-2,5-6,8H2. The fourth-order valence-corrected chi connectivity index (χ4v) is 2.72. The molecule has 0 radical (unpaired) electrons. The van der Waals surface area contributed by atoms with Gasteiger partial charge in [0.05, 0.1) is 6.61 Å². The van der Waals surface area contributed by atoms with Crippen molar-refractivity contribution in [3.63, 3.8) is 0 Å². The molecule has 3 heteroatoms. The summed E-state index contributed by atoms with van der Waals surface area (Å²) in [5.74, 6) is 1.92. The molecule has 0 aliphatic heterocycles. The second-order valence-electron chi connectivity index (χ2n) is 3.97. The fourth-order valence-electron chi connectivity index (χ4n) is 1.49. The zero-order valence-corrected chi connectivity index (χ0v) is 11.7. The Labute approximate surface area is 107 Å². The van der Waals surface area contributed by atoms with E-state index >= 15 is 0 Å². The Kier molecular flexibility index (Phi) is 4.09. The maximum atomic E-state index is 5.71. The van der Waals surface area contributed by atoms with E-state index in [-0.39, 0.29) is 0 Å². The van der Waals surface area contributed by atoms with Crippen LogP contribution in [0, 0.1) is 5.92 Å².